The van der Waals surface area contributed by atoms with E-state index < -0.39 is 5.97 Å². The first kappa shape index (κ1) is 11.6. The van der Waals surface area contributed by atoms with Crippen LogP contribution in [0.1, 0.15) is 43.7 Å². The van der Waals surface area contributed by atoms with E-state index in [9.17, 15) is 4.79 Å². The Balaban J connectivity index is 2.45. The number of nitrogens with zero attached hydrogens (tertiary/aromatic N) is 4. The van der Waals surface area contributed by atoms with E-state index >= 15 is 0 Å². The summed E-state index contributed by atoms with van der Waals surface area (Å²) in [5, 5.41) is 11.3. The molecule has 0 saturated heterocycles. The number of ether oxygens (including phenoxy) is 1. The molecule has 15 heavy (non-hydrogen) atoms. The third kappa shape index (κ3) is 3.65. The molecule has 1 aromatic heterocycles. The first-order valence-electron chi connectivity index (χ1n) is 5.22. The van der Waals surface area contributed by atoms with E-state index in [2.05, 4.69) is 22.3 Å². The minimum absolute atomic E-state index is 0.0355. The van der Waals surface area contributed by atoms with Crippen LogP contribution in [0.15, 0.2) is 0 Å². The van der Waals surface area contributed by atoms with Crippen molar-refractivity contribution in [3.05, 3.63) is 5.82 Å². The zero-order valence-electron chi connectivity index (χ0n) is 9.14. The fourth-order valence-electron chi connectivity index (χ4n) is 1.12. The SMILES string of the molecule is CCCCCn1nnc(C(=O)OCC)n1. The lowest BCUT2D eigenvalue weighted by atomic mass is 10.2. The van der Waals surface area contributed by atoms with Crippen LogP contribution in [0.2, 0.25) is 0 Å². The molecule has 1 heterocycles. The van der Waals surface area contributed by atoms with Crippen molar-refractivity contribution < 1.29 is 9.53 Å². The molecule has 0 saturated carbocycles. The van der Waals surface area contributed by atoms with E-state index in [1.165, 1.54) is 4.80 Å². The maximum absolute atomic E-state index is 11.2. The molecule has 0 amide bonds. The maximum Gasteiger partial charge on any atom is 0.380 e. The highest BCUT2D eigenvalue weighted by Crippen LogP contribution is 1.97. The molecular formula is C9H16N4O2. The second-order valence-electron chi connectivity index (χ2n) is 3.14. The highest BCUT2D eigenvalue weighted by molar-refractivity contribution is 5.84. The van der Waals surface area contributed by atoms with Crippen molar-refractivity contribution in [3.63, 3.8) is 0 Å². The smallest absolute Gasteiger partial charge is 0.380 e. The van der Waals surface area contributed by atoms with Crippen molar-refractivity contribution in [3.8, 4) is 0 Å². The van der Waals surface area contributed by atoms with Crippen LogP contribution in [0.4, 0.5) is 0 Å². The molecule has 0 unspecified atom stereocenters. The van der Waals surface area contributed by atoms with Crippen LogP contribution in [0.25, 0.3) is 0 Å². The molecule has 1 rings (SSSR count). The van der Waals surface area contributed by atoms with Crippen LogP contribution >= 0.6 is 0 Å². The van der Waals surface area contributed by atoms with Crippen LogP contribution in [-0.4, -0.2) is 32.8 Å². The Morgan fingerprint density at radius 1 is 1.40 bits per heavy atom. The van der Waals surface area contributed by atoms with Gasteiger partial charge >= 0.3 is 5.97 Å². The number of aryl methyl sites for hydroxylation is 1. The molecule has 0 fully saturated rings. The molecule has 6 nitrogen and oxygen atoms in total. The molecule has 6 heteroatoms. The van der Waals surface area contributed by atoms with E-state index in [1.807, 2.05) is 0 Å². The summed E-state index contributed by atoms with van der Waals surface area (Å²) in [5.74, 6) is -0.479. The molecule has 0 radical (unpaired) electrons. The van der Waals surface area contributed by atoms with E-state index in [4.69, 9.17) is 4.74 Å². The molecule has 0 atom stereocenters. The second-order valence-corrected chi connectivity index (χ2v) is 3.14. The Hall–Kier alpha value is -1.46. The summed E-state index contributed by atoms with van der Waals surface area (Å²) < 4.78 is 4.75. The van der Waals surface area contributed by atoms with Crippen molar-refractivity contribution in [2.24, 2.45) is 0 Å². The van der Waals surface area contributed by atoms with E-state index in [-0.39, 0.29) is 5.82 Å². The Morgan fingerprint density at radius 3 is 2.87 bits per heavy atom. The quantitative estimate of drug-likeness (QED) is 0.520. The number of hydrogen-bond acceptors (Lipinski definition) is 5. The number of hydrogen-bond donors (Lipinski definition) is 0. The lowest BCUT2D eigenvalue weighted by Crippen LogP contribution is -2.08. The van der Waals surface area contributed by atoms with Crippen molar-refractivity contribution in [1.29, 1.82) is 0 Å². The first-order chi connectivity index (χ1) is 7.27. The Bertz CT molecular complexity index is 311. The lowest BCUT2D eigenvalue weighted by molar-refractivity contribution is 0.0511. The number of unbranched alkanes of at least 4 members (excludes halogenated alkanes) is 2. The predicted octanol–water partition coefficient (Wildman–Crippen LogP) is 1.04. The standard InChI is InChI=1S/C9H16N4O2/c1-3-5-6-7-13-11-8(10-12-13)9(14)15-4-2/h3-7H2,1-2H3. The number of aromatic nitrogens is 4. The van der Waals surface area contributed by atoms with Gasteiger partial charge in [-0.25, -0.2) is 4.79 Å². The van der Waals surface area contributed by atoms with Gasteiger partial charge in [-0.3, -0.25) is 0 Å². The van der Waals surface area contributed by atoms with E-state index in [1.54, 1.807) is 6.92 Å². The normalized spacial score (nSPS) is 10.3. The molecular weight excluding hydrogens is 196 g/mol. The summed E-state index contributed by atoms with van der Waals surface area (Å²) in [6, 6.07) is 0. The Labute approximate surface area is 88.6 Å². The van der Waals surface area contributed by atoms with Gasteiger partial charge in [-0.2, -0.15) is 4.80 Å². The van der Waals surface area contributed by atoms with Crippen LogP contribution < -0.4 is 0 Å². The third-order valence-electron chi connectivity index (χ3n) is 1.87. The Kier molecular flexibility index (Phi) is 4.73. The van der Waals surface area contributed by atoms with Gasteiger partial charge in [0.1, 0.15) is 0 Å². The topological polar surface area (TPSA) is 69.9 Å². The number of rotatable bonds is 6. The van der Waals surface area contributed by atoms with Crippen molar-refractivity contribution >= 4 is 5.97 Å². The molecule has 0 aromatic carbocycles. The zero-order valence-corrected chi connectivity index (χ0v) is 9.14. The molecule has 84 valence electrons. The predicted molar refractivity (Wildman–Crippen MR) is 53.3 cm³/mol. The van der Waals surface area contributed by atoms with Crippen molar-refractivity contribution in [1.82, 2.24) is 20.2 Å². The maximum atomic E-state index is 11.2. The molecule has 0 bridgehead atoms. The van der Waals surface area contributed by atoms with Gasteiger partial charge in [0.25, 0.3) is 5.82 Å². The van der Waals surface area contributed by atoms with Crippen molar-refractivity contribution in [2.45, 2.75) is 39.7 Å². The van der Waals surface area contributed by atoms with Gasteiger partial charge in [0.05, 0.1) is 13.2 Å². The summed E-state index contributed by atoms with van der Waals surface area (Å²) in [6.45, 7) is 4.88. The molecule has 0 spiro atoms. The average Bonchev–Trinajstić information content (AvgIpc) is 2.67. The van der Waals surface area contributed by atoms with Crippen LogP contribution in [0, 0.1) is 0 Å². The van der Waals surface area contributed by atoms with Gasteiger partial charge in [-0.15, -0.1) is 10.2 Å². The van der Waals surface area contributed by atoms with Crippen LogP contribution in [-0.2, 0) is 11.3 Å². The molecule has 1 aromatic rings. The summed E-state index contributed by atoms with van der Waals surface area (Å²) in [5.41, 5.74) is 0. The molecule has 0 N–H and O–H groups in total. The minimum Gasteiger partial charge on any atom is -0.460 e. The van der Waals surface area contributed by atoms with E-state index in [0.29, 0.717) is 13.2 Å². The van der Waals surface area contributed by atoms with Gasteiger partial charge in [0.15, 0.2) is 0 Å². The van der Waals surface area contributed by atoms with Gasteiger partial charge < -0.3 is 4.74 Å². The average molecular weight is 212 g/mol. The molecule has 0 aliphatic carbocycles. The highest BCUT2D eigenvalue weighted by Gasteiger charge is 2.13. The Morgan fingerprint density at radius 2 is 2.20 bits per heavy atom. The zero-order chi connectivity index (χ0) is 11.1. The number of tetrazole rings is 1. The fourth-order valence-corrected chi connectivity index (χ4v) is 1.12. The van der Waals surface area contributed by atoms with Crippen LogP contribution in [0.3, 0.4) is 0 Å². The fraction of sp³-hybridized carbons (Fsp3) is 0.778. The first-order valence-corrected chi connectivity index (χ1v) is 5.22. The number of carbonyl (C=O) groups excluding carboxylic acids is 1. The summed E-state index contributed by atoms with van der Waals surface area (Å²) in [4.78, 5) is 12.6. The number of carbonyl (C=O) groups is 1. The molecule has 0 aliphatic rings. The highest BCUT2D eigenvalue weighted by atomic mass is 16.5. The van der Waals surface area contributed by atoms with Crippen molar-refractivity contribution in [2.75, 3.05) is 6.61 Å². The largest absolute Gasteiger partial charge is 0.460 e. The van der Waals surface area contributed by atoms with E-state index in [0.717, 1.165) is 19.3 Å². The minimum atomic E-state index is -0.515. The lowest BCUT2D eigenvalue weighted by Gasteiger charge is -1.96. The monoisotopic (exact) mass is 212 g/mol. The van der Waals surface area contributed by atoms with Crippen LogP contribution in [0.5, 0.6) is 0 Å². The summed E-state index contributed by atoms with van der Waals surface area (Å²) >= 11 is 0. The summed E-state index contributed by atoms with van der Waals surface area (Å²) in [7, 11) is 0. The second kappa shape index (κ2) is 6.10. The van der Waals surface area contributed by atoms with Gasteiger partial charge in [-0.05, 0) is 18.6 Å². The molecule has 0 aliphatic heterocycles. The van der Waals surface area contributed by atoms with Gasteiger partial charge in [-0.1, -0.05) is 19.8 Å². The van der Waals surface area contributed by atoms with Gasteiger partial charge in [0.2, 0.25) is 0 Å². The van der Waals surface area contributed by atoms with Gasteiger partial charge in [0, 0.05) is 0 Å². The number of esters is 1. The third-order valence-corrected chi connectivity index (χ3v) is 1.87. The summed E-state index contributed by atoms with van der Waals surface area (Å²) in [6.07, 6.45) is 3.25.